The summed E-state index contributed by atoms with van der Waals surface area (Å²) in [6, 6.07) is 0.509. The second kappa shape index (κ2) is 4.44. The lowest BCUT2D eigenvalue weighted by Crippen LogP contribution is -2.42. The molecule has 78 valence electrons. The zero-order valence-electron chi connectivity index (χ0n) is 8.38. The van der Waals surface area contributed by atoms with Crippen LogP contribution in [0.1, 0.15) is 38.5 Å². The number of rotatable bonds is 1. The van der Waals surface area contributed by atoms with Gasteiger partial charge in [-0.05, 0) is 12.8 Å². The number of aliphatic imine (C=N–C) groups is 1. The maximum absolute atomic E-state index is 10.9. The molecular formula is C10H17N3O. The van der Waals surface area contributed by atoms with Crippen LogP contribution >= 0.6 is 0 Å². The third-order valence-electron chi connectivity index (χ3n) is 2.83. The van der Waals surface area contributed by atoms with Gasteiger partial charge in [-0.2, -0.15) is 0 Å². The van der Waals surface area contributed by atoms with Crippen molar-refractivity contribution >= 4 is 11.9 Å². The molecule has 2 N–H and O–H groups in total. The summed E-state index contributed by atoms with van der Waals surface area (Å²) in [6.45, 7) is 0.287. The minimum absolute atomic E-state index is 0.00104. The topological polar surface area (TPSA) is 53.5 Å². The van der Waals surface area contributed by atoms with Crippen LogP contribution in [0.15, 0.2) is 4.99 Å². The van der Waals surface area contributed by atoms with E-state index in [0.717, 1.165) is 0 Å². The summed E-state index contributed by atoms with van der Waals surface area (Å²) >= 11 is 0. The summed E-state index contributed by atoms with van der Waals surface area (Å²) in [6.07, 6.45) is 7.68. The second-order valence-electron chi connectivity index (χ2n) is 4.05. The van der Waals surface area contributed by atoms with Crippen molar-refractivity contribution in [2.45, 2.75) is 44.6 Å². The molecule has 1 fully saturated rings. The number of nitrogens with zero attached hydrogens (tertiary/aromatic N) is 1. The van der Waals surface area contributed by atoms with E-state index >= 15 is 0 Å². The van der Waals surface area contributed by atoms with Crippen molar-refractivity contribution in [1.29, 1.82) is 0 Å². The SMILES string of the molecule is O=C1CN=C(NC2CCCCCC2)N1. The number of amides is 1. The highest BCUT2D eigenvalue weighted by Crippen LogP contribution is 2.17. The van der Waals surface area contributed by atoms with Gasteiger partial charge in [0.25, 0.3) is 0 Å². The van der Waals surface area contributed by atoms with Gasteiger partial charge in [0.2, 0.25) is 5.91 Å². The van der Waals surface area contributed by atoms with Crippen LogP contribution in [-0.2, 0) is 4.79 Å². The number of nitrogens with one attached hydrogen (secondary N) is 2. The Morgan fingerprint density at radius 2 is 1.93 bits per heavy atom. The highest BCUT2D eigenvalue weighted by atomic mass is 16.2. The molecule has 0 atom stereocenters. The summed E-state index contributed by atoms with van der Waals surface area (Å²) < 4.78 is 0. The number of carbonyl (C=O) groups is 1. The van der Waals surface area contributed by atoms with Crippen LogP contribution < -0.4 is 10.6 Å². The average molecular weight is 195 g/mol. The van der Waals surface area contributed by atoms with Crippen molar-refractivity contribution in [3.63, 3.8) is 0 Å². The van der Waals surface area contributed by atoms with Crippen LogP contribution in [0.2, 0.25) is 0 Å². The van der Waals surface area contributed by atoms with Crippen molar-refractivity contribution in [3.8, 4) is 0 Å². The molecule has 2 aliphatic rings. The number of hydrogen-bond donors (Lipinski definition) is 2. The van der Waals surface area contributed by atoms with Crippen molar-refractivity contribution in [3.05, 3.63) is 0 Å². The van der Waals surface area contributed by atoms with Gasteiger partial charge in [-0.15, -0.1) is 0 Å². The zero-order chi connectivity index (χ0) is 9.80. The van der Waals surface area contributed by atoms with E-state index in [9.17, 15) is 4.79 Å². The van der Waals surface area contributed by atoms with Gasteiger partial charge in [-0.3, -0.25) is 10.1 Å². The molecule has 0 aromatic carbocycles. The Labute approximate surface area is 84.2 Å². The minimum atomic E-state index is 0.00104. The molecule has 1 aliphatic carbocycles. The van der Waals surface area contributed by atoms with E-state index in [1.54, 1.807) is 0 Å². The highest BCUT2D eigenvalue weighted by Gasteiger charge is 2.17. The lowest BCUT2D eigenvalue weighted by Gasteiger charge is -2.16. The maximum atomic E-state index is 10.9. The van der Waals surface area contributed by atoms with Crippen LogP contribution in [0, 0.1) is 0 Å². The molecule has 14 heavy (non-hydrogen) atoms. The van der Waals surface area contributed by atoms with E-state index in [0.29, 0.717) is 12.0 Å². The third-order valence-corrected chi connectivity index (χ3v) is 2.83. The smallest absolute Gasteiger partial charge is 0.248 e. The third kappa shape index (κ3) is 2.47. The normalized spacial score (nSPS) is 24.0. The first-order valence-corrected chi connectivity index (χ1v) is 5.45. The number of hydrogen-bond acceptors (Lipinski definition) is 3. The molecule has 1 saturated carbocycles. The van der Waals surface area contributed by atoms with E-state index in [2.05, 4.69) is 15.6 Å². The molecule has 0 aromatic rings. The Kier molecular flexibility index (Phi) is 3.01. The monoisotopic (exact) mass is 195 g/mol. The molecule has 1 aliphatic heterocycles. The molecule has 2 rings (SSSR count). The van der Waals surface area contributed by atoms with Gasteiger partial charge < -0.3 is 5.32 Å². The molecule has 1 amide bonds. The Balaban J connectivity index is 1.81. The molecule has 0 spiro atoms. The summed E-state index contributed by atoms with van der Waals surface area (Å²) in [4.78, 5) is 15.0. The van der Waals surface area contributed by atoms with Crippen LogP contribution in [0.4, 0.5) is 0 Å². The summed E-state index contributed by atoms with van der Waals surface area (Å²) in [5.74, 6) is 0.683. The van der Waals surface area contributed by atoms with E-state index < -0.39 is 0 Å². The Bertz CT molecular complexity index is 242. The van der Waals surface area contributed by atoms with Gasteiger partial charge in [0, 0.05) is 6.04 Å². The molecule has 4 nitrogen and oxygen atoms in total. The van der Waals surface area contributed by atoms with Crippen molar-refractivity contribution in [2.75, 3.05) is 6.54 Å². The standard InChI is InChI=1S/C10H17N3O/c14-9-7-11-10(13-9)12-8-5-3-1-2-4-6-8/h8H,1-7H2,(H2,11,12,13,14). The minimum Gasteiger partial charge on any atom is -0.353 e. The van der Waals surface area contributed by atoms with Gasteiger partial charge in [0.05, 0.1) is 0 Å². The van der Waals surface area contributed by atoms with Crippen LogP contribution in [0.3, 0.4) is 0 Å². The largest absolute Gasteiger partial charge is 0.353 e. The molecule has 4 heteroatoms. The fraction of sp³-hybridized carbons (Fsp3) is 0.800. The maximum Gasteiger partial charge on any atom is 0.248 e. The molecule has 0 unspecified atom stereocenters. The Hall–Kier alpha value is -1.06. The fourth-order valence-electron chi connectivity index (χ4n) is 2.06. The van der Waals surface area contributed by atoms with Gasteiger partial charge in [-0.25, -0.2) is 4.99 Å². The first-order chi connectivity index (χ1) is 6.84. The fourth-order valence-corrected chi connectivity index (χ4v) is 2.06. The van der Waals surface area contributed by atoms with E-state index in [1.165, 1.54) is 38.5 Å². The molecular weight excluding hydrogens is 178 g/mol. The molecule has 0 radical (unpaired) electrons. The lowest BCUT2D eigenvalue weighted by molar-refractivity contribution is -0.117. The van der Waals surface area contributed by atoms with Crippen LogP contribution in [0.25, 0.3) is 0 Å². The quantitative estimate of drug-likeness (QED) is 0.608. The summed E-state index contributed by atoms with van der Waals surface area (Å²) in [5.41, 5.74) is 0. The predicted molar refractivity (Wildman–Crippen MR) is 55.1 cm³/mol. The van der Waals surface area contributed by atoms with Crippen molar-refractivity contribution < 1.29 is 4.79 Å². The number of carbonyl (C=O) groups excluding carboxylic acids is 1. The first kappa shape index (κ1) is 9.49. The van der Waals surface area contributed by atoms with Gasteiger partial charge in [0.1, 0.15) is 6.54 Å². The van der Waals surface area contributed by atoms with Gasteiger partial charge >= 0.3 is 0 Å². The summed E-state index contributed by atoms with van der Waals surface area (Å²) in [5, 5.41) is 6.03. The Morgan fingerprint density at radius 3 is 2.50 bits per heavy atom. The van der Waals surface area contributed by atoms with Crippen LogP contribution in [-0.4, -0.2) is 24.5 Å². The van der Waals surface area contributed by atoms with Crippen LogP contribution in [0.5, 0.6) is 0 Å². The predicted octanol–water partition coefficient (Wildman–Crippen LogP) is 0.785. The Morgan fingerprint density at radius 1 is 1.21 bits per heavy atom. The van der Waals surface area contributed by atoms with Gasteiger partial charge in [0.15, 0.2) is 5.96 Å². The average Bonchev–Trinajstić information content (AvgIpc) is 2.43. The van der Waals surface area contributed by atoms with E-state index in [-0.39, 0.29) is 12.5 Å². The lowest BCUT2D eigenvalue weighted by atomic mass is 10.1. The zero-order valence-corrected chi connectivity index (χ0v) is 8.38. The molecule has 0 bridgehead atoms. The first-order valence-electron chi connectivity index (χ1n) is 5.45. The highest BCUT2D eigenvalue weighted by molar-refractivity contribution is 6.02. The number of guanidine groups is 1. The van der Waals surface area contributed by atoms with Crippen molar-refractivity contribution in [2.24, 2.45) is 4.99 Å². The van der Waals surface area contributed by atoms with E-state index in [1.807, 2.05) is 0 Å². The van der Waals surface area contributed by atoms with E-state index in [4.69, 9.17) is 0 Å². The molecule has 0 aromatic heterocycles. The summed E-state index contributed by atoms with van der Waals surface area (Å²) in [7, 11) is 0. The second-order valence-corrected chi connectivity index (χ2v) is 4.05. The molecule has 0 saturated heterocycles. The molecule has 1 heterocycles. The van der Waals surface area contributed by atoms with Gasteiger partial charge in [-0.1, -0.05) is 25.7 Å². The van der Waals surface area contributed by atoms with Crippen molar-refractivity contribution in [1.82, 2.24) is 10.6 Å².